The number of rotatable bonds is 5. The quantitative estimate of drug-likeness (QED) is 0.568. The van der Waals surface area contributed by atoms with Crippen LogP contribution in [0.2, 0.25) is 0 Å². The summed E-state index contributed by atoms with van der Waals surface area (Å²) in [5.74, 6) is -3.76. The molecule has 4 rings (SSSR count). The van der Waals surface area contributed by atoms with Gasteiger partial charge in [-0.2, -0.15) is 8.78 Å². The maximum absolute atomic E-state index is 15.0. The molecule has 1 amide bonds. The molecule has 0 spiro atoms. The number of ether oxygens (including phenoxy) is 1. The number of aromatic nitrogens is 2. The number of amides is 1. The summed E-state index contributed by atoms with van der Waals surface area (Å²) in [7, 11) is 1.64. The molecule has 34 heavy (non-hydrogen) atoms. The molecular weight excluding hydrogens is 449 g/mol. The van der Waals surface area contributed by atoms with Crippen molar-refractivity contribution in [1.82, 2.24) is 9.97 Å². The highest BCUT2D eigenvalue weighted by molar-refractivity contribution is 6.05. The van der Waals surface area contributed by atoms with E-state index >= 15 is 0 Å². The van der Waals surface area contributed by atoms with Gasteiger partial charge in [0.05, 0.1) is 22.8 Å². The van der Waals surface area contributed by atoms with Gasteiger partial charge in [0.15, 0.2) is 5.60 Å². The van der Waals surface area contributed by atoms with Gasteiger partial charge in [-0.15, -0.1) is 0 Å². The van der Waals surface area contributed by atoms with Gasteiger partial charge in [0.1, 0.15) is 29.8 Å². The van der Waals surface area contributed by atoms with Gasteiger partial charge in [-0.25, -0.2) is 14.4 Å². The summed E-state index contributed by atoms with van der Waals surface area (Å²) in [6.45, 7) is 5.17. The van der Waals surface area contributed by atoms with Crippen LogP contribution in [0, 0.1) is 12.7 Å². The Labute approximate surface area is 194 Å². The highest BCUT2D eigenvalue weighted by Gasteiger charge is 2.40. The molecule has 1 atom stereocenters. The first kappa shape index (κ1) is 23.7. The molecule has 1 aromatic heterocycles. The average molecular weight is 474 g/mol. The molecule has 0 aliphatic carbocycles. The number of nitrogens with zero attached hydrogens (tertiary/aromatic N) is 3. The number of hydrogen-bond acceptors (Lipinski definition) is 6. The number of nitrogens with one attached hydrogen (secondary N) is 1. The zero-order chi connectivity index (χ0) is 25.0. The molecule has 180 valence electrons. The third-order valence-corrected chi connectivity index (χ3v) is 5.88. The average Bonchev–Trinajstić information content (AvgIpc) is 2.76. The van der Waals surface area contributed by atoms with Crippen molar-refractivity contribution in [3.05, 3.63) is 53.1 Å². The summed E-state index contributed by atoms with van der Waals surface area (Å²) in [6, 6.07) is 6.32. The third-order valence-electron chi connectivity index (χ3n) is 5.88. The number of likely N-dealkylation sites (N-methyl/N-ethyl adjacent to an activating group) is 1. The van der Waals surface area contributed by atoms with Gasteiger partial charge >= 0.3 is 0 Å². The van der Waals surface area contributed by atoms with E-state index in [-0.39, 0.29) is 11.5 Å². The van der Waals surface area contributed by atoms with Crippen LogP contribution in [0.1, 0.15) is 43.8 Å². The number of hydrogen-bond donors (Lipinski definition) is 2. The normalized spacial score (nSPS) is 16.3. The van der Waals surface area contributed by atoms with Crippen LogP contribution in [0.4, 0.5) is 24.7 Å². The molecule has 1 aliphatic rings. The highest BCUT2D eigenvalue weighted by atomic mass is 19.3. The van der Waals surface area contributed by atoms with Crippen molar-refractivity contribution in [1.29, 1.82) is 0 Å². The molecule has 0 unspecified atom stereocenters. The number of carbonyl (C=O) groups is 1. The van der Waals surface area contributed by atoms with E-state index in [0.29, 0.717) is 34.0 Å². The van der Waals surface area contributed by atoms with Crippen molar-refractivity contribution < 1.29 is 27.8 Å². The first-order valence-electron chi connectivity index (χ1n) is 10.7. The van der Waals surface area contributed by atoms with Crippen molar-refractivity contribution in [2.24, 2.45) is 0 Å². The van der Waals surface area contributed by atoms with Crippen LogP contribution in [0.3, 0.4) is 0 Å². The van der Waals surface area contributed by atoms with Crippen LogP contribution < -0.4 is 15.0 Å². The SMILES string of the molecule is Cc1nc(N[C@H](C)c2cccc(C(F)(F)CO)c2F)c2cc3c(cc2n1)OC(C)(C)C(=O)N3C. The molecule has 3 aromatic rings. The second-order valence-corrected chi connectivity index (χ2v) is 8.87. The number of halogens is 3. The fraction of sp³-hybridized carbons (Fsp3) is 0.375. The predicted molar refractivity (Wildman–Crippen MR) is 122 cm³/mol. The fourth-order valence-electron chi connectivity index (χ4n) is 4.08. The number of alkyl halides is 2. The maximum atomic E-state index is 15.0. The Kier molecular flexibility index (Phi) is 5.67. The van der Waals surface area contributed by atoms with Crippen LogP contribution >= 0.6 is 0 Å². The van der Waals surface area contributed by atoms with Gasteiger partial charge in [-0.1, -0.05) is 12.1 Å². The van der Waals surface area contributed by atoms with Crippen molar-refractivity contribution in [2.45, 2.75) is 45.3 Å². The summed E-state index contributed by atoms with van der Waals surface area (Å²) in [4.78, 5) is 23.0. The van der Waals surface area contributed by atoms with Crippen LogP contribution in [-0.2, 0) is 10.7 Å². The number of fused-ring (bicyclic) bond motifs is 2. The topological polar surface area (TPSA) is 87.6 Å². The zero-order valence-electron chi connectivity index (χ0n) is 19.4. The highest BCUT2D eigenvalue weighted by Crippen LogP contribution is 2.41. The molecule has 1 aliphatic heterocycles. The van der Waals surface area contributed by atoms with Crippen molar-refractivity contribution in [3.63, 3.8) is 0 Å². The van der Waals surface area contributed by atoms with E-state index < -0.39 is 35.6 Å². The number of carbonyl (C=O) groups excluding carboxylic acids is 1. The lowest BCUT2D eigenvalue weighted by Gasteiger charge is -2.37. The van der Waals surface area contributed by atoms with Crippen LogP contribution in [-0.4, -0.2) is 40.2 Å². The van der Waals surface area contributed by atoms with Crippen LogP contribution in [0.15, 0.2) is 30.3 Å². The summed E-state index contributed by atoms with van der Waals surface area (Å²) >= 11 is 0. The van der Waals surface area contributed by atoms with E-state index in [0.717, 1.165) is 6.07 Å². The number of aryl methyl sites for hydroxylation is 1. The first-order valence-corrected chi connectivity index (χ1v) is 10.7. The van der Waals surface area contributed by atoms with Gasteiger partial charge in [-0.05, 0) is 39.8 Å². The summed E-state index contributed by atoms with van der Waals surface area (Å²) < 4.78 is 48.8. The standard InChI is InChI=1S/C24H25F3N4O3/c1-12(14-7-6-8-16(20(14)25)24(26,27)11-32)28-21-15-9-18-19(10-17(15)29-13(2)30-21)34-23(3,4)22(33)31(18)5/h6-10,12,32H,11H2,1-5H3,(H,28,29,30)/t12-/m1/s1. The summed E-state index contributed by atoms with van der Waals surface area (Å²) in [5.41, 5.74) is -0.854. The minimum absolute atomic E-state index is 0.00891. The molecule has 7 nitrogen and oxygen atoms in total. The van der Waals surface area contributed by atoms with E-state index in [1.54, 1.807) is 46.9 Å². The van der Waals surface area contributed by atoms with Crippen LogP contribution in [0.5, 0.6) is 5.75 Å². The Morgan fingerprint density at radius 2 is 1.97 bits per heavy atom. The van der Waals surface area contributed by atoms with Crippen molar-refractivity contribution >= 4 is 28.3 Å². The van der Waals surface area contributed by atoms with Crippen molar-refractivity contribution in [2.75, 3.05) is 23.9 Å². The van der Waals surface area contributed by atoms with Crippen LogP contribution in [0.25, 0.3) is 10.9 Å². The largest absolute Gasteiger partial charge is 0.476 e. The van der Waals surface area contributed by atoms with E-state index in [9.17, 15) is 18.0 Å². The Morgan fingerprint density at radius 1 is 1.26 bits per heavy atom. The summed E-state index contributed by atoms with van der Waals surface area (Å²) in [6.07, 6.45) is 0. The first-order chi connectivity index (χ1) is 15.9. The lowest BCUT2D eigenvalue weighted by Crippen LogP contribution is -2.50. The lowest BCUT2D eigenvalue weighted by atomic mass is 10.00. The number of aliphatic hydroxyl groups excluding tert-OH is 1. The monoisotopic (exact) mass is 474 g/mol. The Hall–Kier alpha value is -3.40. The molecule has 2 N–H and O–H groups in total. The molecule has 2 heterocycles. The van der Waals surface area contributed by atoms with Crippen molar-refractivity contribution in [3.8, 4) is 5.75 Å². The lowest BCUT2D eigenvalue weighted by molar-refractivity contribution is -0.132. The number of aliphatic hydroxyl groups is 1. The molecule has 0 fully saturated rings. The minimum Gasteiger partial charge on any atom is -0.476 e. The Balaban J connectivity index is 1.78. The van der Waals surface area contributed by atoms with E-state index in [1.807, 2.05) is 0 Å². The molecule has 0 bridgehead atoms. The second-order valence-electron chi connectivity index (χ2n) is 8.87. The molecular formula is C24H25F3N4O3. The van der Waals surface area contributed by atoms with Gasteiger partial charge in [0.25, 0.3) is 11.8 Å². The van der Waals surface area contributed by atoms with Gasteiger partial charge in [0, 0.05) is 24.1 Å². The zero-order valence-corrected chi connectivity index (χ0v) is 19.4. The maximum Gasteiger partial charge on any atom is 0.298 e. The smallest absolute Gasteiger partial charge is 0.298 e. The van der Waals surface area contributed by atoms with Gasteiger partial charge < -0.3 is 20.1 Å². The van der Waals surface area contributed by atoms with E-state index in [4.69, 9.17) is 9.84 Å². The van der Waals surface area contributed by atoms with Gasteiger partial charge in [-0.3, -0.25) is 4.79 Å². The fourth-order valence-corrected chi connectivity index (χ4v) is 4.08. The second kappa shape index (κ2) is 8.12. The number of anilines is 2. The summed E-state index contributed by atoms with van der Waals surface area (Å²) in [5, 5.41) is 12.6. The molecule has 10 heteroatoms. The number of benzene rings is 2. The third kappa shape index (κ3) is 3.91. The molecule has 0 saturated carbocycles. The predicted octanol–water partition coefficient (Wildman–Crippen LogP) is 4.47. The van der Waals surface area contributed by atoms with Gasteiger partial charge in [0.2, 0.25) is 0 Å². The Morgan fingerprint density at radius 3 is 2.65 bits per heavy atom. The molecule has 0 radical (unpaired) electrons. The van der Waals surface area contributed by atoms with E-state index in [1.165, 1.54) is 17.0 Å². The molecule has 0 saturated heterocycles. The van der Waals surface area contributed by atoms with E-state index in [2.05, 4.69) is 15.3 Å². The Bertz CT molecular complexity index is 1300. The molecule has 2 aromatic carbocycles. The minimum atomic E-state index is -3.71.